The Kier molecular flexibility index (Phi) is 7.47. The molecule has 0 spiro atoms. The van der Waals surface area contributed by atoms with E-state index in [0.717, 1.165) is 36.1 Å². The highest BCUT2D eigenvalue weighted by Gasteiger charge is 2.29. The minimum atomic E-state index is -4.44. The number of halogens is 5. The van der Waals surface area contributed by atoms with Gasteiger partial charge in [-0.2, -0.15) is 13.2 Å². The molecule has 31 heavy (non-hydrogen) atoms. The smallest absolute Gasteiger partial charge is 0.211 e. The zero-order chi connectivity index (χ0) is 22.4. The number of hydrogen-bond donors (Lipinski definition) is 0. The van der Waals surface area contributed by atoms with Crippen molar-refractivity contribution < 1.29 is 22.0 Å². The highest BCUT2D eigenvalue weighted by atomic mass is 19.4. The lowest BCUT2D eigenvalue weighted by atomic mass is 9.94. The molecule has 0 fully saturated rings. The second kappa shape index (κ2) is 10.1. The fourth-order valence-corrected chi connectivity index (χ4v) is 3.70. The van der Waals surface area contributed by atoms with Crippen LogP contribution in [0.2, 0.25) is 0 Å². The second-order valence-electron chi connectivity index (χ2n) is 7.72. The van der Waals surface area contributed by atoms with Gasteiger partial charge in [0.2, 0.25) is 0 Å². The molecule has 0 nitrogen and oxygen atoms in total. The van der Waals surface area contributed by atoms with Crippen molar-refractivity contribution in [2.45, 2.75) is 51.6 Å². The molecule has 5 heteroatoms. The summed E-state index contributed by atoms with van der Waals surface area (Å²) < 4.78 is 65.7. The van der Waals surface area contributed by atoms with Crippen molar-refractivity contribution in [3.8, 4) is 0 Å². The summed E-state index contributed by atoms with van der Waals surface area (Å²) in [7, 11) is 0. The Morgan fingerprint density at radius 2 is 1.61 bits per heavy atom. The van der Waals surface area contributed by atoms with E-state index in [1.54, 1.807) is 12.1 Å². The molecule has 0 bridgehead atoms. The fourth-order valence-electron chi connectivity index (χ4n) is 3.70. The van der Waals surface area contributed by atoms with Gasteiger partial charge in [-0.05, 0) is 60.3 Å². The van der Waals surface area contributed by atoms with E-state index in [0.29, 0.717) is 10.8 Å². The Morgan fingerprint density at radius 1 is 0.935 bits per heavy atom. The van der Waals surface area contributed by atoms with Gasteiger partial charge in [-0.25, -0.2) is 8.78 Å². The SMILES string of the molecule is C/C=C/CCC1=CCC(=c2ccc(=C3C=C(F)C(CCC(F)(F)F)=C(F)C3)cc2)C=C1. The van der Waals surface area contributed by atoms with Crippen molar-refractivity contribution in [2.75, 3.05) is 0 Å². The summed E-state index contributed by atoms with van der Waals surface area (Å²) in [5.74, 6) is -1.75. The van der Waals surface area contributed by atoms with Gasteiger partial charge in [0.1, 0.15) is 11.7 Å². The van der Waals surface area contributed by atoms with Crippen LogP contribution in [-0.2, 0) is 0 Å². The number of hydrogen-bond acceptors (Lipinski definition) is 0. The Bertz CT molecular complexity index is 1070. The van der Waals surface area contributed by atoms with Gasteiger partial charge in [0.25, 0.3) is 0 Å². The zero-order valence-electron chi connectivity index (χ0n) is 17.4. The first kappa shape index (κ1) is 23.0. The first-order valence-corrected chi connectivity index (χ1v) is 10.4. The van der Waals surface area contributed by atoms with Gasteiger partial charge in [-0.3, -0.25) is 0 Å². The Balaban J connectivity index is 1.77. The van der Waals surface area contributed by atoms with Crippen LogP contribution >= 0.6 is 0 Å². The third kappa shape index (κ3) is 6.39. The summed E-state index contributed by atoms with van der Waals surface area (Å²) in [5.41, 5.74) is 2.42. The molecule has 0 aromatic heterocycles. The highest BCUT2D eigenvalue weighted by Crippen LogP contribution is 2.35. The van der Waals surface area contributed by atoms with Gasteiger partial charge < -0.3 is 0 Å². The molecule has 0 aliphatic heterocycles. The van der Waals surface area contributed by atoms with Gasteiger partial charge in [-0.1, -0.05) is 60.2 Å². The van der Waals surface area contributed by atoms with Crippen LogP contribution in [0, 0.1) is 0 Å². The van der Waals surface area contributed by atoms with Gasteiger partial charge in [0.05, 0.1) is 0 Å². The summed E-state index contributed by atoms with van der Waals surface area (Å²) in [6.45, 7) is 2.01. The third-order valence-electron chi connectivity index (χ3n) is 5.47. The Hall–Kier alpha value is -2.69. The van der Waals surface area contributed by atoms with Gasteiger partial charge >= 0.3 is 6.18 Å². The molecule has 2 aliphatic rings. The van der Waals surface area contributed by atoms with Gasteiger partial charge in [0, 0.05) is 18.4 Å². The molecule has 3 rings (SSSR count). The maximum atomic E-state index is 14.3. The van der Waals surface area contributed by atoms with Crippen LogP contribution in [-0.4, -0.2) is 6.18 Å². The fraction of sp³-hybridized carbons (Fsp3) is 0.308. The predicted octanol–water partition coefficient (Wildman–Crippen LogP) is 7.05. The van der Waals surface area contributed by atoms with Crippen molar-refractivity contribution in [2.24, 2.45) is 0 Å². The summed E-state index contributed by atoms with van der Waals surface area (Å²) >= 11 is 0. The number of rotatable bonds is 5. The number of allylic oxidation sites excluding steroid dienone is 10. The standard InChI is InChI=1S/C26H25F5/c1-2-3-4-5-18-6-8-19(9-7-18)20-10-12-21(13-11-20)22-16-24(27)23(25(28)17-22)14-15-26(29,30)31/h2-3,6-8,10-13,16H,4-5,9,14-15,17H2,1H3/b3-2+,20-19?,22-21?. The maximum absolute atomic E-state index is 14.3. The van der Waals surface area contributed by atoms with Gasteiger partial charge in [-0.15, -0.1) is 0 Å². The number of benzene rings is 1. The Morgan fingerprint density at radius 3 is 2.16 bits per heavy atom. The van der Waals surface area contributed by atoms with E-state index in [-0.39, 0.29) is 6.42 Å². The molecule has 0 atom stereocenters. The van der Waals surface area contributed by atoms with Crippen LogP contribution in [0.4, 0.5) is 22.0 Å². The molecular weight excluding hydrogens is 407 g/mol. The second-order valence-corrected chi connectivity index (χ2v) is 7.72. The van der Waals surface area contributed by atoms with Gasteiger partial charge in [0.15, 0.2) is 0 Å². The molecule has 0 saturated heterocycles. The summed E-state index contributed by atoms with van der Waals surface area (Å²) in [6, 6.07) is 7.42. The molecule has 0 amide bonds. The highest BCUT2D eigenvalue weighted by molar-refractivity contribution is 5.66. The molecule has 2 aliphatic carbocycles. The molecule has 0 N–H and O–H groups in total. The lowest BCUT2D eigenvalue weighted by molar-refractivity contribution is -0.133. The van der Waals surface area contributed by atoms with Crippen molar-refractivity contribution >= 4 is 11.1 Å². The van der Waals surface area contributed by atoms with Crippen LogP contribution in [0.25, 0.3) is 11.1 Å². The monoisotopic (exact) mass is 432 g/mol. The molecule has 0 saturated carbocycles. The van der Waals surface area contributed by atoms with Crippen LogP contribution in [0.15, 0.2) is 83.5 Å². The maximum Gasteiger partial charge on any atom is 0.389 e. The Labute approximate surface area is 179 Å². The minimum Gasteiger partial charge on any atom is -0.211 e. The number of alkyl halides is 3. The molecule has 0 unspecified atom stereocenters. The normalized spacial score (nSPS) is 17.5. The predicted molar refractivity (Wildman–Crippen MR) is 116 cm³/mol. The van der Waals surface area contributed by atoms with E-state index < -0.39 is 36.2 Å². The molecule has 1 aromatic rings. The van der Waals surface area contributed by atoms with Crippen LogP contribution in [0.5, 0.6) is 0 Å². The molecule has 1 aromatic carbocycles. The third-order valence-corrected chi connectivity index (χ3v) is 5.47. The van der Waals surface area contributed by atoms with Crippen molar-refractivity contribution in [1.29, 1.82) is 0 Å². The van der Waals surface area contributed by atoms with Crippen LogP contribution in [0.3, 0.4) is 0 Å². The van der Waals surface area contributed by atoms with E-state index in [1.165, 1.54) is 5.57 Å². The topological polar surface area (TPSA) is 0 Å². The van der Waals surface area contributed by atoms with Crippen LogP contribution < -0.4 is 10.4 Å². The average Bonchev–Trinajstić information content (AvgIpc) is 2.73. The minimum absolute atomic E-state index is 0.200. The quantitative estimate of drug-likeness (QED) is 0.345. The van der Waals surface area contributed by atoms with E-state index in [4.69, 9.17) is 0 Å². The van der Waals surface area contributed by atoms with Crippen LogP contribution in [0.1, 0.15) is 45.4 Å². The van der Waals surface area contributed by atoms with Crippen molar-refractivity contribution in [1.82, 2.24) is 0 Å². The largest absolute Gasteiger partial charge is 0.389 e. The first-order chi connectivity index (χ1) is 14.8. The first-order valence-electron chi connectivity index (χ1n) is 10.4. The summed E-state index contributed by atoms with van der Waals surface area (Å²) in [4.78, 5) is 0. The molecule has 0 radical (unpaired) electrons. The van der Waals surface area contributed by atoms with E-state index in [9.17, 15) is 22.0 Å². The molecule has 164 valence electrons. The van der Waals surface area contributed by atoms with E-state index in [2.05, 4.69) is 24.3 Å². The molecular formula is C26H25F5. The van der Waals surface area contributed by atoms with Crippen molar-refractivity contribution in [3.63, 3.8) is 0 Å². The van der Waals surface area contributed by atoms with E-state index in [1.807, 2.05) is 25.1 Å². The summed E-state index contributed by atoms with van der Waals surface area (Å²) in [5, 5.41) is 1.69. The zero-order valence-corrected chi connectivity index (χ0v) is 17.4. The van der Waals surface area contributed by atoms with E-state index >= 15 is 0 Å². The lowest BCUT2D eigenvalue weighted by Gasteiger charge is -2.15. The van der Waals surface area contributed by atoms with Crippen molar-refractivity contribution in [3.05, 3.63) is 94.0 Å². The summed E-state index contributed by atoms with van der Waals surface area (Å²) in [6.07, 6.45) is 8.05. The molecule has 0 heterocycles. The average molecular weight is 432 g/mol. The lowest BCUT2D eigenvalue weighted by Crippen LogP contribution is -2.14.